The van der Waals surface area contributed by atoms with Crippen molar-refractivity contribution >= 4 is 33.6 Å². The first-order valence-corrected chi connectivity index (χ1v) is 10.9. The maximum absolute atomic E-state index is 12.6. The van der Waals surface area contributed by atoms with E-state index in [9.17, 15) is 22.8 Å². The summed E-state index contributed by atoms with van der Waals surface area (Å²) in [5.74, 6) is -0.855. The number of morpholine rings is 1. The van der Waals surface area contributed by atoms with Crippen LogP contribution >= 0.6 is 0 Å². The summed E-state index contributed by atoms with van der Waals surface area (Å²) in [6, 6.07) is 4.93. The van der Waals surface area contributed by atoms with Crippen molar-refractivity contribution in [3.63, 3.8) is 0 Å². The highest BCUT2D eigenvalue weighted by Crippen LogP contribution is 2.27. The number of sulfonamides is 1. The van der Waals surface area contributed by atoms with Gasteiger partial charge in [-0.1, -0.05) is 0 Å². The molecule has 0 aromatic heterocycles. The molecule has 3 heterocycles. The lowest BCUT2D eigenvalue weighted by atomic mass is 10.2. The molecule has 3 aliphatic heterocycles. The van der Waals surface area contributed by atoms with Gasteiger partial charge >= 0.3 is 6.03 Å². The first-order chi connectivity index (χ1) is 13.9. The molecule has 0 spiro atoms. The number of carbonyl (C=O) groups excluding carboxylic acids is 3. The zero-order chi connectivity index (χ0) is 20.6. The van der Waals surface area contributed by atoms with E-state index in [1.165, 1.54) is 33.5 Å². The van der Waals surface area contributed by atoms with Crippen LogP contribution in [0.1, 0.15) is 12.8 Å². The van der Waals surface area contributed by atoms with Crippen molar-refractivity contribution in [3.05, 3.63) is 24.3 Å². The van der Waals surface area contributed by atoms with Crippen molar-refractivity contribution in [3.8, 4) is 0 Å². The van der Waals surface area contributed by atoms with Gasteiger partial charge in [0.15, 0.2) is 0 Å². The molecular formula is C18H22N4O6S. The topological polar surface area (TPSA) is 116 Å². The predicted octanol–water partition coefficient (Wildman–Crippen LogP) is 0.0726. The smallest absolute Gasteiger partial charge is 0.327 e. The van der Waals surface area contributed by atoms with Crippen molar-refractivity contribution in [1.82, 2.24) is 14.1 Å². The number of ether oxygens (including phenoxy) is 1. The summed E-state index contributed by atoms with van der Waals surface area (Å²) in [6.07, 6.45) is 1.42. The molecule has 1 aromatic rings. The van der Waals surface area contributed by atoms with Gasteiger partial charge in [0.25, 0.3) is 5.91 Å². The van der Waals surface area contributed by atoms with E-state index >= 15 is 0 Å². The average Bonchev–Trinajstić information content (AvgIpc) is 3.29. The van der Waals surface area contributed by atoms with E-state index < -0.39 is 28.0 Å². The molecule has 3 saturated heterocycles. The zero-order valence-corrected chi connectivity index (χ0v) is 16.6. The fourth-order valence-electron chi connectivity index (χ4n) is 3.82. The number of hydrogen-bond acceptors (Lipinski definition) is 6. The Kier molecular flexibility index (Phi) is 5.28. The molecule has 0 saturated carbocycles. The number of hydrogen-bond donors (Lipinski definition) is 1. The third-order valence-corrected chi connectivity index (χ3v) is 7.24. The van der Waals surface area contributed by atoms with Crippen LogP contribution in [0.3, 0.4) is 0 Å². The van der Waals surface area contributed by atoms with Gasteiger partial charge in [-0.25, -0.2) is 13.2 Å². The molecule has 0 radical (unpaired) electrons. The number of carbonyl (C=O) groups is 3. The summed E-state index contributed by atoms with van der Waals surface area (Å²) in [6.45, 7) is 1.50. The monoisotopic (exact) mass is 422 g/mol. The van der Waals surface area contributed by atoms with E-state index in [4.69, 9.17) is 4.74 Å². The molecule has 3 fully saturated rings. The number of nitrogens with one attached hydrogen (secondary N) is 1. The fourth-order valence-corrected chi connectivity index (χ4v) is 5.23. The minimum Gasteiger partial charge on any atom is -0.379 e. The summed E-state index contributed by atoms with van der Waals surface area (Å²) in [7, 11) is -3.61. The van der Waals surface area contributed by atoms with Gasteiger partial charge in [-0.3, -0.25) is 14.5 Å². The molecule has 0 aliphatic carbocycles. The van der Waals surface area contributed by atoms with Crippen LogP contribution < -0.4 is 5.32 Å². The molecule has 1 aromatic carbocycles. The highest BCUT2D eigenvalue weighted by atomic mass is 32.2. The lowest BCUT2D eigenvalue weighted by molar-refractivity contribution is -0.131. The second-order valence-electron chi connectivity index (χ2n) is 7.15. The molecule has 3 aliphatic rings. The van der Waals surface area contributed by atoms with Gasteiger partial charge in [-0.05, 0) is 37.1 Å². The summed E-state index contributed by atoms with van der Waals surface area (Å²) < 4.78 is 31.8. The van der Waals surface area contributed by atoms with E-state index in [0.29, 0.717) is 45.0 Å². The summed E-state index contributed by atoms with van der Waals surface area (Å²) in [4.78, 5) is 39.4. The molecule has 0 bridgehead atoms. The molecule has 29 heavy (non-hydrogen) atoms. The van der Waals surface area contributed by atoms with Gasteiger partial charge in [0.1, 0.15) is 12.6 Å². The van der Waals surface area contributed by atoms with Gasteiger partial charge in [-0.15, -0.1) is 0 Å². The Balaban J connectivity index is 1.38. The Bertz CT molecular complexity index is 904. The fraction of sp³-hybridized carbons (Fsp3) is 0.500. The van der Waals surface area contributed by atoms with Crippen molar-refractivity contribution in [1.29, 1.82) is 0 Å². The van der Waals surface area contributed by atoms with E-state index in [1.54, 1.807) is 0 Å². The summed E-state index contributed by atoms with van der Waals surface area (Å²) in [5, 5.41) is 2.60. The van der Waals surface area contributed by atoms with Crippen LogP contribution in [0.15, 0.2) is 29.2 Å². The van der Waals surface area contributed by atoms with E-state index in [2.05, 4.69) is 5.32 Å². The maximum atomic E-state index is 12.6. The number of fused-ring (bicyclic) bond motifs is 1. The number of amides is 4. The molecule has 1 N–H and O–H groups in total. The molecule has 10 nitrogen and oxygen atoms in total. The maximum Gasteiger partial charge on any atom is 0.327 e. The Morgan fingerprint density at radius 2 is 1.79 bits per heavy atom. The van der Waals surface area contributed by atoms with E-state index in [1.807, 2.05) is 0 Å². The molecular weight excluding hydrogens is 400 g/mol. The third-order valence-electron chi connectivity index (χ3n) is 5.33. The van der Waals surface area contributed by atoms with Crippen molar-refractivity contribution in [2.45, 2.75) is 23.8 Å². The normalized spacial score (nSPS) is 22.8. The molecule has 4 amide bonds. The van der Waals surface area contributed by atoms with E-state index in [-0.39, 0.29) is 17.3 Å². The first kappa shape index (κ1) is 19.8. The minimum absolute atomic E-state index is 0.128. The highest BCUT2D eigenvalue weighted by Gasteiger charge is 2.47. The van der Waals surface area contributed by atoms with Gasteiger partial charge in [0.05, 0.1) is 18.1 Å². The Morgan fingerprint density at radius 1 is 1.10 bits per heavy atom. The van der Waals surface area contributed by atoms with Crippen molar-refractivity contribution in [2.75, 3.05) is 44.7 Å². The number of nitrogens with zero attached hydrogens (tertiary/aromatic N) is 3. The third kappa shape index (κ3) is 3.72. The van der Waals surface area contributed by atoms with E-state index in [0.717, 1.165) is 11.3 Å². The van der Waals surface area contributed by atoms with Crippen LogP contribution in [-0.2, 0) is 24.3 Å². The van der Waals surface area contributed by atoms with Crippen molar-refractivity contribution in [2.24, 2.45) is 0 Å². The van der Waals surface area contributed by atoms with Crippen LogP contribution in [0.25, 0.3) is 0 Å². The number of rotatable bonds is 5. The van der Waals surface area contributed by atoms with Crippen LogP contribution in [-0.4, -0.2) is 85.8 Å². The lowest BCUT2D eigenvalue weighted by Crippen LogP contribution is -2.40. The van der Waals surface area contributed by atoms with Crippen LogP contribution in [0.4, 0.5) is 10.5 Å². The van der Waals surface area contributed by atoms with Crippen LogP contribution in [0, 0.1) is 0 Å². The Labute approximate surface area is 168 Å². The standard InChI is InChI=1S/C18H22N4O6S/c23-16(12-22-17(24)15-2-1-7-21(15)18(22)25)19-13-3-5-14(6-4-13)29(26,27)20-8-10-28-11-9-20/h3-6,15H,1-2,7-12H2,(H,19,23). The SMILES string of the molecule is O=C(CN1C(=O)C2CCCN2C1=O)Nc1ccc(S(=O)(=O)N2CCOCC2)cc1. The highest BCUT2D eigenvalue weighted by molar-refractivity contribution is 7.89. The molecule has 156 valence electrons. The largest absolute Gasteiger partial charge is 0.379 e. The second kappa shape index (κ2) is 7.73. The molecule has 11 heteroatoms. The number of imide groups is 1. The zero-order valence-electron chi connectivity index (χ0n) is 15.7. The van der Waals surface area contributed by atoms with Crippen molar-refractivity contribution < 1.29 is 27.5 Å². The quantitative estimate of drug-likeness (QED) is 0.672. The predicted molar refractivity (Wildman–Crippen MR) is 101 cm³/mol. The Hall–Kier alpha value is -2.50. The molecule has 1 unspecified atom stereocenters. The summed E-state index contributed by atoms with van der Waals surface area (Å²) in [5.41, 5.74) is 0.385. The number of anilines is 1. The summed E-state index contributed by atoms with van der Waals surface area (Å²) >= 11 is 0. The van der Waals surface area contributed by atoms with Crippen LogP contribution in [0.5, 0.6) is 0 Å². The molecule has 1 atom stereocenters. The van der Waals surface area contributed by atoms with Gasteiger partial charge in [0, 0.05) is 25.3 Å². The first-order valence-electron chi connectivity index (χ1n) is 9.48. The lowest BCUT2D eigenvalue weighted by Gasteiger charge is -2.26. The number of benzene rings is 1. The Morgan fingerprint density at radius 3 is 2.45 bits per heavy atom. The number of urea groups is 1. The van der Waals surface area contributed by atoms with Gasteiger partial charge in [0.2, 0.25) is 15.9 Å². The van der Waals surface area contributed by atoms with Gasteiger partial charge < -0.3 is 15.0 Å². The average molecular weight is 422 g/mol. The van der Waals surface area contributed by atoms with Crippen LogP contribution in [0.2, 0.25) is 0 Å². The van der Waals surface area contributed by atoms with Gasteiger partial charge in [-0.2, -0.15) is 4.31 Å². The molecule has 4 rings (SSSR count). The minimum atomic E-state index is -3.61. The second-order valence-corrected chi connectivity index (χ2v) is 9.09.